The third kappa shape index (κ3) is 3.47. The maximum Gasteiger partial charge on any atom is 0.271 e. The van der Waals surface area contributed by atoms with E-state index in [9.17, 15) is 9.18 Å². The molecule has 1 atom stereocenters. The maximum absolute atomic E-state index is 13.8. The number of carbonyl (C=O) groups excluding carboxylic acids is 1. The fourth-order valence-electron chi connectivity index (χ4n) is 2.20. The fraction of sp³-hybridized carbons (Fsp3) is 0.176. The van der Waals surface area contributed by atoms with Crippen molar-refractivity contribution in [2.24, 2.45) is 0 Å². The van der Waals surface area contributed by atoms with Crippen LogP contribution in [0, 0.1) is 5.82 Å². The lowest BCUT2D eigenvalue weighted by Gasteiger charge is -2.14. The zero-order chi connectivity index (χ0) is 17.1. The molecule has 3 rings (SSSR count). The van der Waals surface area contributed by atoms with Crippen LogP contribution in [0.5, 0.6) is 5.75 Å². The van der Waals surface area contributed by atoms with Gasteiger partial charge in [0.25, 0.3) is 5.91 Å². The molecule has 3 aromatic rings. The molecule has 0 saturated carbocycles. The molecule has 0 unspecified atom stereocenters. The van der Waals surface area contributed by atoms with Crippen molar-refractivity contribution < 1.29 is 13.9 Å². The van der Waals surface area contributed by atoms with Gasteiger partial charge in [0, 0.05) is 5.38 Å². The van der Waals surface area contributed by atoms with Gasteiger partial charge in [0.2, 0.25) is 0 Å². The second kappa shape index (κ2) is 7.11. The van der Waals surface area contributed by atoms with Gasteiger partial charge in [-0.25, -0.2) is 9.37 Å². The molecule has 7 heteroatoms. The zero-order valence-corrected chi connectivity index (χ0v) is 14.7. The van der Waals surface area contributed by atoms with E-state index >= 15 is 0 Å². The second-order valence-electron chi connectivity index (χ2n) is 5.10. The summed E-state index contributed by atoms with van der Waals surface area (Å²) < 4.78 is 18.7. The summed E-state index contributed by atoms with van der Waals surface area (Å²) in [7, 11) is 1.41. The summed E-state index contributed by atoms with van der Waals surface area (Å²) in [6.07, 6.45) is 0. The molecule has 0 aliphatic heterocycles. The molecule has 4 nitrogen and oxygen atoms in total. The first kappa shape index (κ1) is 16.6. The Labute approximate surface area is 146 Å². The number of amides is 1. The molecule has 0 aliphatic carbocycles. The van der Waals surface area contributed by atoms with Crippen molar-refractivity contribution in [3.8, 4) is 15.6 Å². The number of hydrogen-bond donors (Lipinski definition) is 1. The van der Waals surface area contributed by atoms with Crippen LogP contribution >= 0.6 is 22.7 Å². The van der Waals surface area contributed by atoms with Crippen molar-refractivity contribution in [1.82, 2.24) is 10.3 Å². The minimum Gasteiger partial charge on any atom is -0.494 e. The molecule has 124 valence electrons. The van der Waals surface area contributed by atoms with E-state index < -0.39 is 5.82 Å². The zero-order valence-electron chi connectivity index (χ0n) is 13.1. The molecule has 24 heavy (non-hydrogen) atoms. The molecule has 1 amide bonds. The molecule has 0 spiro atoms. The number of nitrogens with zero attached hydrogens (tertiary/aromatic N) is 1. The molecule has 0 saturated heterocycles. The summed E-state index contributed by atoms with van der Waals surface area (Å²) in [6, 6.07) is 8.21. The van der Waals surface area contributed by atoms with Gasteiger partial charge in [0.1, 0.15) is 10.7 Å². The third-order valence-electron chi connectivity index (χ3n) is 3.49. The third-order valence-corrected chi connectivity index (χ3v) is 5.37. The van der Waals surface area contributed by atoms with E-state index in [1.165, 1.54) is 24.5 Å². The molecule has 2 heterocycles. The van der Waals surface area contributed by atoms with Crippen LogP contribution in [-0.4, -0.2) is 18.0 Å². The lowest BCUT2D eigenvalue weighted by molar-refractivity contribution is 0.0935. The van der Waals surface area contributed by atoms with Gasteiger partial charge in [-0.3, -0.25) is 4.79 Å². The Morgan fingerprint density at radius 1 is 1.33 bits per heavy atom. The van der Waals surface area contributed by atoms with Crippen molar-refractivity contribution in [1.29, 1.82) is 0 Å². The first-order valence-electron chi connectivity index (χ1n) is 7.22. The molecule has 0 fully saturated rings. The Balaban J connectivity index is 1.71. The van der Waals surface area contributed by atoms with Gasteiger partial charge >= 0.3 is 0 Å². The van der Waals surface area contributed by atoms with Crippen LogP contribution in [0.3, 0.4) is 0 Å². The molecule has 1 N–H and O–H groups in total. The molecule has 0 aliphatic rings. The van der Waals surface area contributed by atoms with Crippen molar-refractivity contribution >= 4 is 28.6 Å². The van der Waals surface area contributed by atoms with Gasteiger partial charge in [-0.2, -0.15) is 0 Å². The van der Waals surface area contributed by atoms with E-state index in [2.05, 4.69) is 10.3 Å². The van der Waals surface area contributed by atoms with Crippen LogP contribution in [0.25, 0.3) is 9.88 Å². The quantitative estimate of drug-likeness (QED) is 0.726. The fourth-order valence-corrected chi connectivity index (χ4v) is 3.81. The SMILES string of the molecule is COc1ccc([C@H](C)NC(=O)c2csc(-c3cccs3)n2)cc1F. The maximum atomic E-state index is 13.8. The number of thiophene rings is 1. The van der Waals surface area contributed by atoms with Crippen molar-refractivity contribution in [3.63, 3.8) is 0 Å². The Bertz CT molecular complexity index is 846. The van der Waals surface area contributed by atoms with Crippen LogP contribution in [0.2, 0.25) is 0 Å². The summed E-state index contributed by atoms with van der Waals surface area (Å²) in [5, 5.41) is 7.35. The summed E-state index contributed by atoms with van der Waals surface area (Å²) in [4.78, 5) is 17.7. The highest BCUT2D eigenvalue weighted by atomic mass is 32.1. The van der Waals surface area contributed by atoms with E-state index in [1.807, 2.05) is 17.5 Å². The Morgan fingerprint density at radius 2 is 2.17 bits per heavy atom. The van der Waals surface area contributed by atoms with Gasteiger partial charge in [0.05, 0.1) is 18.0 Å². The van der Waals surface area contributed by atoms with Crippen LogP contribution in [0.4, 0.5) is 4.39 Å². The molecule has 0 radical (unpaired) electrons. The number of hydrogen-bond acceptors (Lipinski definition) is 5. The summed E-state index contributed by atoms with van der Waals surface area (Å²) in [5.41, 5.74) is 1.03. The van der Waals surface area contributed by atoms with Crippen LogP contribution < -0.4 is 10.1 Å². The average Bonchev–Trinajstić information content (AvgIpc) is 3.25. The predicted molar refractivity (Wildman–Crippen MR) is 94.3 cm³/mol. The number of halogens is 1. The van der Waals surface area contributed by atoms with E-state index in [4.69, 9.17) is 4.74 Å². The smallest absolute Gasteiger partial charge is 0.271 e. The van der Waals surface area contributed by atoms with Crippen molar-refractivity contribution in [2.75, 3.05) is 7.11 Å². The number of rotatable bonds is 5. The van der Waals surface area contributed by atoms with Gasteiger partial charge in [-0.05, 0) is 36.1 Å². The van der Waals surface area contributed by atoms with Crippen LogP contribution in [0.15, 0.2) is 41.1 Å². The Hall–Kier alpha value is -2.25. The van der Waals surface area contributed by atoms with E-state index in [1.54, 1.807) is 35.8 Å². The Morgan fingerprint density at radius 3 is 2.83 bits per heavy atom. The minimum atomic E-state index is -0.454. The number of carbonyl (C=O) groups is 1. The molecular weight excluding hydrogens is 347 g/mol. The molecule has 0 bridgehead atoms. The van der Waals surface area contributed by atoms with E-state index in [0.717, 1.165) is 9.88 Å². The molecule has 2 aromatic heterocycles. The van der Waals surface area contributed by atoms with Crippen LogP contribution in [-0.2, 0) is 0 Å². The minimum absolute atomic E-state index is 0.178. The second-order valence-corrected chi connectivity index (χ2v) is 6.91. The summed E-state index contributed by atoms with van der Waals surface area (Å²) in [6.45, 7) is 1.80. The van der Waals surface area contributed by atoms with Crippen molar-refractivity contribution in [3.05, 3.63) is 58.2 Å². The molecular formula is C17H15FN2O2S2. The Kier molecular flexibility index (Phi) is 4.92. The molecule has 1 aromatic carbocycles. The highest BCUT2D eigenvalue weighted by Gasteiger charge is 2.16. The largest absolute Gasteiger partial charge is 0.494 e. The van der Waals surface area contributed by atoms with E-state index in [0.29, 0.717) is 11.3 Å². The first-order valence-corrected chi connectivity index (χ1v) is 8.98. The lowest BCUT2D eigenvalue weighted by Crippen LogP contribution is -2.27. The van der Waals surface area contributed by atoms with Gasteiger partial charge in [0.15, 0.2) is 11.6 Å². The number of benzene rings is 1. The topological polar surface area (TPSA) is 51.2 Å². The predicted octanol–water partition coefficient (Wildman–Crippen LogP) is 4.51. The standard InChI is InChI=1S/C17H15FN2O2S2/c1-10(11-5-6-14(22-2)12(18)8-11)19-16(21)13-9-24-17(20-13)15-4-3-7-23-15/h3-10H,1-2H3,(H,19,21)/t10-/m0/s1. The number of ether oxygens (including phenoxy) is 1. The summed E-state index contributed by atoms with van der Waals surface area (Å²) >= 11 is 3.01. The summed E-state index contributed by atoms with van der Waals surface area (Å²) in [5.74, 6) is -0.556. The monoisotopic (exact) mass is 362 g/mol. The number of methoxy groups -OCH3 is 1. The first-order chi connectivity index (χ1) is 11.6. The van der Waals surface area contributed by atoms with Gasteiger partial charge in [-0.1, -0.05) is 12.1 Å². The van der Waals surface area contributed by atoms with E-state index in [-0.39, 0.29) is 17.7 Å². The highest BCUT2D eigenvalue weighted by molar-refractivity contribution is 7.20. The number of nitrogens with one attached hydrogen (secondary N) is 1. The van der Waals surface area contributed by atoms with Gasteiger partial charge < -0.3 is 10.1 Å². The number of thiazole rings is 1. The highest BCUT2D eigenvalue weighted by Crippen LogP contribution is 2.28. The average molecular weight is 362 g/mol. The lowest BCUT2D eigenvalue weighted by atomic mass is 10.1. The number of aromatic nitrogens is 1. The normalized spacial score (nSPS) is 12.0. The van der Waals surface area contributed by atoms with Crippen LogP contribution in [0.1, 0.15) is 29.0 Å². The van der Waals surface area contributed by atoms with Gasteiger partial charge in [-0.15, -0.1) is 22.7 Å². The van der Waals surface area contributed by atoms with Crippen molar-refractivity contribution in [2.45, 2.75) is 13.0 Å².